The van der Waals surface area contributed by atoms with Crippen molar-refractivity contribution < 1.29 is 22.4 Å². The molecule has 4 rings (SSSR count). The monoisotopic (exact) mass is 495 g/mol. The molecule has 8 nitrogen and oxygen atoms in total. The number of nitrogens with one attached hydrogen (secondary N) is 1. The summed E-state index contributed by atoms with van der Waals surface area (Å²) >= 11 is 1.10. The number of ether oxygens (including phenoxy) is 1. The minimum absolute atomic E-state index is 0.102. The summed E-state index contributed by atoms with van der Waals surface area (Å²) in [7, 11) is -3.47. The molecule has 0 radical (unpaired) electrons. The molecule has 1 N–H and O–H groups in total. The predicted molar refractivity (Wildman–Crippen MR) is 129 cm³/mol. The fourth-order valence-corrected chi connectivity index (χ4v) is 5.49. The van der Waals surface area contributed by atoms with E-state index in [4.69, 9.17) is 9.15 Å². The van der Waals surface area contributed by atoms with Gasteiger partial charge in [0.15, 0.2) is 9.84 Å². The lowest BCUT2D eigenvalue weighted by atomic mass is 10.2. The summed E-state index contributed by atoms with van der Waals surface area (Å²) in [6, 6.07) is 20.4. The molecule has 0 spiro atoms. The number of aromatic nitrogens is 1. The molecular weight excluding hydrogens is 474 g/mol. The first-order chi connectivity index (χ1) is 16.5. The van der Waals surface area contributed by atoms with Crippen LogP contribution in [-0.2, 0) is 27.9 Å². The number of thiazole rings is 1. The highest BCUT2D eigenvalue weighted by Crippen LogP contribution is 2.17. The van der Waals surface area contributed by atoms with E-state index >= 15 is 0 Å². The van der Waals surface area contributed by atoms with E-state index in [2.05, 4.69) is 15.5 Å². The highest BCUT2D eigenvalue weighted by molar-refractivity contribution is 7.89. The maximum Gasteiger partial charge on any atom is 0.290 e. The number of hydrogen-bond acceptors (Lipinski definition) is 8. The average Bonchev–Trinajstić information content (AvgIpc) is 3.50. The van der Waals surface area contributed by atoms with E-state index in [-0.39, 0.29) is 17.2 Å². The Balaban J connectivity index is 1.30. The van der Waals surface area contributed by atoms with Gasteiger partial charge in [-0.25, -0.2) is 18.8 Å². The molecule has 34 heavy (non-hydrogen) atoms. The molecule has 0 saturated carbocycles. The zero-order chi connectivity index (χ0) is 23.8. The van der Waals surface area contributed by atoms with Crippen molar-refractivity contribution in [1.29, 1.82) is 0 Å². The minimum atomic E-state index is -3.47. The zero-order valence-corrected chi connectivity index (χ0v) is 19.6. The molecule has 0 fully saturated rings. The van der Waals surface area contributed by atoms with Crippen molar-refractivity contribution in [2.24, 2.45) is 5.10 Å². The SMILES string of the molecule is O=C(N/N=C/c1cccc(OCc2ccccc2)c1)c1csc(CS(=O)(=O)Cc2ccco2)n1. The molecule has 0 aliphatic heterocycles. The Kier molecular flexibility index (Phi) is 7.51. The van der Waals surface area contributed by atoms with Crippen molar-refractivity contribution in [3.63, 3.8) is 0 Å². The first-order valence-corrected chi connectivity index (χ1v) is 12.9. The van der Waals surface area contributed by atoms with Crippen molar-refractivity contribution in [3.8, 4) is 5.75 Å². The lowest BCUT2D eigenvalue weighted by Gasteiger charge is -2.06. The Bertz CT molecular complexity index is 1360. The number of carbonyl (C=O) groups is 1. The van der Waals surface area contributed by atoms with Crippen LogP contribution < -0.4 is 10.2 Å². The van der Waals surface area contributed by atoms with Gasteiger partial charge in [0.1, 0.15) is 40.3 Å². The number of amides is 1. The second-order valence-corrected chi connectivity index (χ2v) is 10.3. The second-order valence-electron chi connectivity index (χ2n) is 7.28. The first kappa shape index (κ1) is 23.4. The van der Waals surface area contributed by atoms with Crippen molar-refractivity contribution in [3.05, 3.63) is 106 Å². The quantitative estimate of drug-likeness (QED) is 0.261. The van der Waals surface area contributed by atoms with Crippen molar-refractivity contribution >= 4 is 33.3 Å². The van der Waals surface area contributed by atoms with Crippen LogP contribution in [-0.4, -0.2) is 25.5 Å². The number of furan rings is 1. The maximum atomic E-state index is 12.3. The van der Waals surface area contributed by atoms with Crippen LogP contribution in [0.3, 0.4) is 0 Å². The van der Waals surface area contributed by atoms with Crippen LogP contribution in [0.15, 0.2) is 87.9 Å². The highest BCUT2D eigenvalue weighted by atomic mass is 32.2. The molecule has 2 aromatic heterocycles. The van der Waals surface area contributed by atoms with Gasteiger partial charge in [0.05, 0.1) is 12.5 Å². The van der Waals surface area contributed by atoms with E-state index < -0.39 is 15.7 Å². The van der Waals surface area contributed by atoms with E-state index in [0.29, 0.717) is 23.1 Å². The highest BCUT2D eigenvalue weighted by Gasteiger charge is 2.19. The van der Waals surface area contributed by atoms with Crippen LogP contribution in [0.4, 0.5) is 0 Å². The lowest BCUT2D eigenvalue weighted by Crippen LogP contribution is -2.18. The molecule has 174 valence electrons. The number of carbonyl (C=O) groups excluding carboxylic acids is 1. The summed E-state index contributed by atoms with van der Waals surface area (Å²) in [5, 5.41) is 5.79. The number of hydrazone groups is 1. The summed E-state index contributed by atoms with van der Waals surface area (Å²) in [6.07, 6.45) is 2.92. The van der Waals surface area contributed by atoms with Crippen molar-refractivity contribution in [2.45, 2.75) is 18.1 Å². The Hall–Kier alpha value is -3.76. The van der Waals surface area contributed by atoms with Gasteiger partial charge in [0.2, 0.25) is 0 Å². The predicted octanol–water partition coefficient (Wildman–Crippen LogP) is 4.19. The summed E-state index contributed by atoms with van der Waals surface area (Å²) in [6.45, 7) is 0.446. The van der Waals surface area contributed by atoms with Gasteiger partial charge >= 0.3 is 0 Å². The molecule has 0 bridgehead atoms. The smallest absolute Gasteiger partial charge is 0.290 e. The van der Waals surface area contributed by atoms with E-state index in [0.717, 1.165) is 22.5 Å². The second kappa shape index (κ2) is 10.9. The van der Waals surface area contributed by atoms with Gasteiger partial charge in [0.25, 0.3) is 5.91 Å². The summed E-state index contributed by atoms with van der Waals surface area (Å²) in [5.41, 5.74) is 4.31. The maximum absolute atomic E-state index is 12.3. The van der Waals surface area contributed by atoms with E-state index in [1.807, 2.05) is 54.6 Å². The van der Waals surface area contributed by atoms with E-state index in [1.165, 1.54) is 17.9 Å². The summed E-state index contributed by atoms with van der Waals surface area (Å²) in [5.74, 6) is 0.0145. The first-order valence-electron chi connectivity index (χ1n) is 10.2. The van der Waals surface area contributed by atoms with Crippen LogP contribution in [0.5, 0.6) is 5.75 Å². The number of nitrogens with zero attached hydrogens (tertiary/aromatic N) is 2. The Morgan fingerprint density at radius 3 is 2.74 bits per heavy atom. The topological polar surface area (TPSA) is 111 Å². The molecule has 2 aromatic carbocycles. The Morgan fingerprint density at radius 2 is 1.94 bits per heavy atom. The van der Waals surface area contributed by atoms with Gasteiger partial charge < -0.3 is 9.15 Å². The summed E-state index contributed by atoms with van der Waals surface area (Å²) in [4.78, 5) is 16.4. The molecule has 0 aliphatic carbocycles. The standard InChI is InChI=1S/C24H21N3O5S2/c28-24(22-15-33-23(26-22)17-34(29,30)16-21-10-5-11-31-21)27-25-13-19-8-4-9-20(12-19)32-14-18-6-2-1-3-7-18/h1-13,15H,14,16-17H2,(H,27,28)/b25-13+. The van der Waals surface area contributed by atoms with Gasteiger partial charge in [0, 0.05) is 5.38 Å². The van der Waals surface area contributed by atoms with Gasteiger partial charge in [-0.3, -0.25) is 4.79 Å². The van der Waals surface area contributed by atoms with Crippen LogP contribution >= 0.6 is 11.3 Å². The number of hydrogen-bond donors (Lipinski definition) is 1. The molecule has 2 heterocycles. The average molecular weight is 496 g/mol. The molecular formula is C24H21N3O5S2. The zero-order valence-electron chi connectivity index (χ0n) is 18.0. The Labute approximate surface area is 200 Å². The number of sulfone groups is 1. The molecule has 0 atom stereocenters. The van der Waals surface area contributed by atoms with Crippen LogP contribution in [0, 0.1) is 0 Å². The molecule has 1 amide bonds. The lowest BCUT2D eigenvalue weighted by molar-refractivity contribution is 0.0950. The van der Waals surface area contributed by atoms with Gasteiger partial charge in [-0.15, -0.1) is 11.3 Å². The molecule has 0 saturated heterocycles. The van der Waals surface area contributed by atoms with Crippen LogP contribution in [0.2, 0.25) is 0 Å². The largest absolute Gasteiger partial charge is 0.489 e. The van der Waals surface area contributed by atoms with Crippen LogP contribution in [0.1, 0.15) is 32.4 Å². The van der Waals surface area contributed by atoms with Gasteiger partial charge in [-0.2, -0.15) is 5.10 Å². The van der Waals surface area contributed by atoms with Gasteiger partial charge in [-0.05, 0) is 35.4 Å². The molecule has 10 heteroatoms. The fraction of sp³-hybridized carbons (Fsp3) is 0.125. The third kappa shape index (κ3) is 6.87. The number of rotatable bonds is 10. The molecule has 4 aromatic rings. The summed E-state index contributed by atoms with van der Waals surface area (Å²) < 4.78 is 35.5. The normalized spacial score (nSPS) is 11.5. The number of benzene rings is 2. The van der Waals surface area contributed by atoms with Gasteiger partial charge in [-0.1, -0.05) is 42.5 Å². The third-order valence-corrected chi connectivity index (χ3v) is 7.03. The molecule has 0 unspecified atom stereocenters. The van der Waals surface area contributed by atoms with E-state index in [1.54, 1.807) is 12.1 Å². The fourth-order valence-electron chi connectivity index (χ4n) is 2.98. The van der Waals surface area contributed by atoms with Crippen molar-refractivity contribution in [2.75, 3.05) is 0 Å². The van der Waals surface area contributed by atoms with Crippen LogP contribution in [0.25, 0.3) is 0 Å². The molecule has 0 aliphatic rings. The third-order valence-electron chi connectivity index (χ3n) is 4.56. The Morgan fingerprint density at radius 1 is 1.09 bits per heavy atom. The minimum Gasteiger partial charge on any atom is -0.489 e. The van der Waals surface area contributed by atoms with E-state index in [9.17, 15) is 13.2 Å². The van der Waals surface area contributed by atoms with Crippen molar-refractivity contribution in [1.82, 2.24) is 10.4 Å².